The van der Waals surface area contributed by atoms with E-state index in [9.17, 15) is 0 Å². The van der Waals surface area contributed by atoms with E-state index in [2.05, 4.69) is 57.3 Å². The first kappa shape index (κ1) is 11.8. The van der Waals surface area contributed by atoms with E-state index in [1.807, 2.05) is 19.2 Å². The van der Waals surface area contributed by atoms with Crippen LogP contribution in [0.2, 0.25) is 0 Å². The van der Waals surface area contributed by atoms with Gasteiger partial charge in [-0.2, -0.15) is 0 Å². The van der Waals surface area contributed by atoms with Crippen molar-refractivity contribution in [1.29, 1.82) is 0 Å². The zero-order valence-corrected chi connectivity index (χ0v) is 12.5. The Morgan fingerprint density at radius 2 is 1.60 bits per heavy atom. The highest BCUT2D eigenvalue weighted by atomic mass is 79.9. The van der Waals surface area contributed by atoms with Gasteiger partial charge in [0.25, 0.3) is 0 Å². The minimum atomic E-state index is 0.942. The highest BCUT2D eigenvalue weighted by Gasteiger charge is 2.10. The molecular weight excluding hydrogens is 312 g/mol. The second-order valence-electron chi connectivity index (χ2n) is 4.94. The van der Waals surface area contributed by atoms with Gasteiger partial charge in [-0.1, -0.05) is 46.3 Å². The molecule has 4 rings (SSSR count). The molecule has 0 bridgehead atoms. The van der Waals surface area contributed by atoms with E-state index in [0.29, 0.717) is 0 Å². The van der Waals surface area contributed by atoms with Gasteiger partial charge in [0.05, 0.1) is 16.7 Å². The van der Waals surface area contributed by atoms with Gasteiger partial charge in [0.1, 0.15) is 0 Å². The van der Waals surface area contributed by atoms with Gasteiger partial charge in [-0.25, -0.2) is 4.98 Å². The smallest absolute Gasteiger partial charge is 0.0974 e. The fourth-order valence-corrected chi connectivity index (χ4v) is 3.09. The predicted molar refractivity (Wildman–Crippen MR) is 87.0 cm³/mol. The molecular formula is C17H11BrN2. The Morgan fingerprint density at radius 1 is 0.850 bits per heavy atom. The molecule has 0 aliphatic carbocycles. The van der Waals surface area contributed by atoms with E-state index < -0.39 is 0 Å². The number of fused-ring (bicyclic) bond motifs is 6. The van der Waals surface area contributed by atoms with Crippen LogP contribution in [0.4, 0.5) is 0 Å². The summed E-state index contributed by atoms with van der Waals surface area (Å²) in [6.07, 6.45) is 1.83. The molecule has 0 aliphatic heterocycles. The average molecular weight is 323 g/mol. The molecule has 0 fully saturated rings. The third-order valence-corrected chi connectivity index (χ3v) is 4.10. The number of aryl methyl sites for hydroxylation is 1. The minimum Gasteiger partial charge on any atom is -0.252 e. The van der Waals surface area contributed by atoms with Crippen LogP contribution in [0.3, 0.4) is 0 Å². The topological polar surface area (TPSA) is 25.8 Å². The van der Waals surface area contributed by atoms with Gasteiger partial charge in [-0.15, -0.1) is 0 Å². The summed E-state index contributed by atoms with van der Waals surface area (Å²) < 4.78 is 1.08. The summed E-state index contributed by atoms with van der Waals surface area (Å²) in [5, 5.41) is 4.73. The number of benzene rings is 3. The Hall–Kier alpha value is -2.00. The molecule has 0 unspecified atom stereocenters. The molecule has 1 aromatic heterocycles. The van der Waals surface area contributed by atoms with Crippen molar-refractivity contribution in [2.75, 3.05) is 0 Å². The highest BCUT2D eigenvalue weighted by molar-refractivity contribution is 9.10. The standard InChI is InChI=1S/C17H11BrN2/c1-10-9-19-16-13-5-3-2-4-12(13)15-8-11(18)6-7-14(15)17(16)20-10/h2-9H,1H3. The summed E-state index contributed by atoms with van der Waals surface area (Å²) in [6, 6.07) is 14.7. The number of rotatable bonds is 0. The lowest BCUT2D eigenvalue weighted by molar-refractivity contribution is 1.19. The van der Waals surface area contributed by atoms with Crippen LogP contribution in [0, 0.1) is 6.92 Å². The normalized spacial score (nSPS) is 11.5. The molecule has 2 nitrogen and oxygen atoms in total. The van der Waals surface area contributed by atoms with E-state index in [0.717, 1.165) is 32.0 Å². The lowest BCUT2D eigenvalue weighted by Crippen LogP contribution is -1.91. The molecule has 0 atom stereocenters. The summed E-state index contributed by atoms with van der Waals surface area (Å²) in [5.74, 6) is 0. The summed E-state index contributed by atoms with van der Waals surface area (Å²) in [6.45, 7) is 1.98. The summed E-state index contributed by atoms with van der Waals surface area (Å²) in [7, 11) is 0. The molecule has 3 heteroatoms. The van der Waals surface area contributed by atoms with Crippen molar-refractivity contribution in [3.8, 4) is 0 Å². The molecule has 3 aromatic carbocycles. The van der Waals surface area contributed by atoms with Crippen LogP contribution in [-0.2, 0) is 0 Å². The third-order valence-electron chi connectivity index (χ3n) is 3.60. The molecule has 0 amide bonds. The van der Waals surface area contributed by atoms with E-state index in [1.165, 1.54) is 10.8 Å². The SMILES string of the molecule is Cc1cnc2c3ccccc3c3cc(Br)ccc3c2n1. The Kier molecular flexibility index (Phi) is 2.51. The minimum absolute atomic E-state index is 0.942. The van der Waals surface area contributed by atoms with Gasteiger partial charge >= 0.3 is 0 Å². The third kappa shape index (κ3) is 1.63. The van der Waals surface area contributed by atoms with Crippen LogP contribution >= 0.6 is 15.9 Å². The zero-order valence-electron chi connectivity index (χ0n) is 10.9. The Morgan fingerprint density at radius 3 is 2.45 bits per heavy atom. The molecule has 96 valence electrons. The zero-order chi connectivity index (χ0) is 13.7. The lowest BCUT2D eigenvalue weighted by atomic mass is 9.99. The van der Waals surface area contributed by atoms with Crippen molar-refractivity contribution in [2.24, 2.45) is 0 Å². The molecule has 0 spiro atoms. The van der Waals surface area contributed by atoms with Crippen LogP contribution in [-0.4, -0.2) is 9.97 Å². The molecule has 0 aliphatic rings. The van der Waals surface area contributed by atoms with Crippen molar-refractivity contribution in [3.05, 3.63) is 58.8 Å². The lowest BCUT2D eigenvalue weighted by Gasteiger charge is -2.09. The largest absolute Gasteiger partial charge is 0.252 e. The summed E-state index contributed by atoms with van der Waals surface area (Å²) in [5.41, 5.74) is 2.89. The van der Waals surface area contributed by atoms with Gasteiger partial charge in [-0.3, -0.25) is 4.98 Å². The van der Waals surface area contributed by atoms with Crippen molar-refractivity contribution < 1.29 is 0 Å². The molecule has 0 saturated carbocycles. The Bertz CT molecular complexity index is 938. The fraction of sp³-hybridized carbons (Fsp3) is 0.0588. The van der Waals surface area contributed by atoms with Crippen LogP contribution in [0.15, 0.2) is 53.1 Å². The van der Waals surface area contributed by atoms with E-state index >= 15 is 0 Å². The van der Waals surface area contributed by atoms with Gasteiger partial charge in [0.2, 0.25) is 0 Å². The molecule has 0 radical (unpaired) electrons. The number of aromatic nitrogens is 2. The van der Waals surface area contributed by atoms with E-state index in [-0.39, 0.29) is 0 Å². The summed E-state index contributed by atoms with van der Waals surface area (Å²) in [4.78, 5) is 9.31. The van der Waals surface area contributed by atoms with Gasteiger partial charge in [0.15, 0.2) is 0 Å². The molecule has 4 aromatic rings. The molecule has 0 saturated heterocycles. The van der Waals surface area contributed by atoms with Crippen molar-refractivity contribution in [2.45, 2.75) is 6.92 Å². The maximum Gasteiger partial charge on any atom is 0.0974 e. The number of halogens is 1. The average Bonchev–Trinajstić information content (AvgIpc) is 2.47. The first-order valence-corrected chi connectivity index (χ1v) is 7.27. The second kappa shape index (κ2) is 4.25. The van der Waals surface area contributed by atoms with Gasteiger partial charge in [0, 0.05) is 21.4 Å². The Balaban J connectivity index is 2.40. The fourth-order valence-electron chi connectivity index (χ4n) is 2.73. The van der Waals surface area contributed by atoms with Crippen molar-refractivity contribution in [3.63, 3.8) is 0 Å². The van der Waals surface area contributed by atoms with Crippen LogP contribution in [0.5, 0.6) is 0 Å². The number of hydrogen-bond donors (Lipinski definition) is 0. The first-order chi connectivity index (χ1) is 9.74. The maximum atomic E-state index is 4.71. The van der Waals surface area contributed by atoms with Crippen molar-refractivity contribution in [1.82, 2.24) is 9.97 Å². The number of hydrogen-bond acceptors (Lipinski definition) is 2. The quantitative estimate of drug-likeness (QED) is 0.425. The first-order valence-electron chi connectivity index (χ1n) is 6.47. The number of nitrogens with zero attached hydrogens (tertiary/aromatic N) is 2. The molecule has 0 N–H and O–H groups in total. The molecule has 1 heterocycles. The summed E-state index contributed by atoms with van der Waals surface area (Å²) >= 11 is 3.56. The van der Waals surface area contributed by atoms with Crippen LogP contribution in [0.1, 0.15) is 5.69 Å². The Labute approximate surface area is 124 Å². The maximum absolute atomic E-state index is 4.71. The highest BCUT2D eigenvalue weighted by Crippen LogP contribution is 2.34. The van der Waals surface area contributed by atoms with Crippen LogP contribution in [0.25, 0.3) is 32.6 Å². The van der Waals surface area contributed by atoms with E-state index in [4.69, 9.17) is 4.98 Å². The van der Waals surface area contributed by atoms with Crippen molar-refractivity contribution >= 4 is 48.5 Å². The van der Waals surface area contributed by atoms with Gasteiger partial charge < -0.3 is 0 Å². The second-order valence-corrected chi connectivity index (χ2v) is 5.86. The predicted octanol–water partition coefficient (Wildman–Crippen LogP) is 5.01. The van der Waals surface area contributed by atoms with Gasteiger partial charge in [-0.05, 0) is 29.8 Å². The van der Waals surface area contributed by atoms with Crippen LogP contribution < -0.4 is 0 Å². The molecule has 20 heavy (non-hydrogen) atoms. The monoisotopic (exact) mass is 322 g/mol. The van der Waals surface area contributed by atoms with E-state index in [1.54, 1.807) is 0 Å².